The third-order valence-corrected chi connectivity index (χ3v) is 3.31. The van der Waals surface area contributed by atoms with Crippen LogP contribution < -0.4 is 0 Å². The highest BCUT2D eigenvalue weighted by atomic mass is 19.3. The highest BCUT2D eigenvalue weighted by Gasteiger charge is 2.46. The van der Waals surface area contributed by atoms with Crippen LogP contribution in [0.2, 0.25) is 0 Å². The molecule has 0 aliphatic rings. The summed E-state index contributed by atoms with van der Waals surface area (Å²) in [5, 5.41) is 19.6. The van der Waals surface area contributed by atoms with Crippen LogP contribution in [0.4, 0.5) is 8.78 Å². The van der Waals surface area contributed by atoms with Gasteiger partial charge in [0.25, 0.3) is 5.92 Å². The van der Waals surface area contributed by atoms with Crippen molar-refractivity contribution in [3.8, 4) is 0 Å². The van der Waals surface area contributed by atoms with Crippen molar-refractivity contribution in [1.29, 1.82) is 0 Å². The Morgan fingerprint density at radius 1 is 1.25 bits per heavy atom. The number of rotatable bonds is 6. The Bertz CT molecular complexity index is 469. The maximum Gasteiger partial charge on any atom is 0.282 e. The third-order valence-electron chi connectivity index (χ3n) is 3.31. The number of halogens is 2. The second kappa shape index (κ2) is 6.77. The number of benzene rings is 1. The zero-order valence-electron chi connectivity index (χ0n) is 11.6. The minimum atomic E-state index is -3.44. The molecular formula is C16H20F2O2. The number of aliphatic hydroxyl groups is 2. The monoisotopic (exact) mass is 282 g/mol. The summed E-state index contributed by atoms with van der Waals surface area (Å²) in [5.74, 6) is -4.66. The fourth-order valence-corrected chi connectivity index (χ4v) is 1.78. The van der Waals surface area contributed by atoms with E-state index in [4.69, 9.17) is 0 Å². The summed E-state index contributed by atoms with van der Waals surface area (Å²) in [5.41, 5.74) is 1.05. The molecule has 1 aromatic carbocycles. The SMILES string of the molecule is C=C[C@@H](C)C(F)(F)[C@@H](O)[C@@H](O)/C(C)=C/c1ccccc1. The first-order valence-electron chi connectivity index (χ1n) is 6.40. The average molecular weight is 282 g/mol. The van der Waals surface area contributed by atoms with E-state index in [-0.39, 0.29) is 5.57 Å². The smallest absolute Gasteiger partial charge is 0.282 e. The first-order chi connectivity index (χ1) is 9.30. The van der Waals surface area contributed by atoms with Gasteiger partial charge in [0.2, 0.25) is 0 Å². The molecule has 1 rings (SSSR count). The van der Waals surface area contributed by atoms with Crippen LogP contribution in [0.1, 0.15) is 19.4 Å². The van der Waals surface area contributed by atoms with Crippen molar-refractivity contribution < 1.29 is 19.0 Å². The molecule has 3 atom stereocenters. The zero-order valence-corrected chi connectivity index (χ0v) is 11.6. The van der Waals surface area contributed by atoms with E-state index in [1.165, 1.54) is 13.8 Å². The summed E-state index contributed by atoms with van der Waals surface area (Å²) in [6.07, 6.45) is -1.17. The first-order valence-corrected chi connectivity index (χ1v) is 6.40. The summed E-state index contributed by atoms with van der Waals surface area (Å²) >= 11 is 0. The summed E-state index contributed by atoms with van der Waals surface area (Å²) in [6.45, 7) is 6.05. The Labute approximate surface area is 118 Å². The van der Waals surface area contributed by atoms with Crippen LogP contribution in [0.25, 0.3) is 6.08 Å². The van der Waals surface area contributed by atoms with E-state index in [0.29, 0.717) is 0 Å². The number of allylic oxidation sites excluding steroid dienone is 1. The van der Waals surface area contributed by atoms with Crippen LogP contribution in [0.5, 0.6) is 0 Å². The topological polar surface area (TPSA) is 40.5 Å². The van der Waals surface area contributed by atoms with Crippen LogP contribution in [0.15, 0.2) is 48.6 Å². The van der Waals surface area contributed by atoms with Gasteiger partial charge < -0.3 is 10.2 Å². The number of hydrogen-bond acceptors (Lipinski definition) is 2. The molecule has 20 heavy (non-hydrogen) atoms. The van der Waals surface area contributed by atoms with E-state index < -0.39 is 24.0 Å². The van der Waals surface area contributed by atoms with Crippen LogP contribution >= 0.6 is 0 Å². The highest BCUT2D eigenvalue weighted by molar-refractivity contribution is 5.53. The minimum Gasteiger partial charge on any atom is -0.386 e. The van der Waals surface area contributed by atoms with Gasteiger partial charge in [-0.2, -0.15) is 0 Å². The molecule has 0 heterocycles. The lowest BCUT2D eigenvalue weighted by Crippen LogP contribution is -2.46. The van der Waals surface area contributed by atoms with Gasteiger partial charge in [0.05, 0.1) is 0 Å². The summed E-state index contributed by atoms with van der Waals surface area (Å²) in [4.78, 5) is 0. The van der Waals surface area contributed by atoms with Crippen molar-refractivity contribution in [3.05, 3.63) is 54.1 Å². The van der Waals surface area contributed by atoms with Gasteiger partial charge in [0.1, 0.15) is 12.2 Å². The van der Waals surface area contributed by atoms with Gasteiger partial charge in [0, 0.05) is 5.92 Å². The summed E-state index contributed by atoms with van der Waals surface area (Å²) < 4.78 is 27.7. The van der Waals surface area contributed by atoms with Crippen molar-refractivity contribution in [3.63, 3.8) is 0 Å². The molecule has 0 amide bonds. The second-order valence-electron chi connectivity index (χ2n) is 4.89. The number of aliphatic hydroxyl groups excluding tert-OH is 2. The van der Waals surface area contributed by atoms with Crippen molar-refractivity contribution in [1.82, 2.24) is 0 Å². The normalized spacial score (nSPS) is 17.4. The fraction of sp³-hybridized carbons (Fsp3) is 0.375. The predicted octanol–water partition coefficient (Wildman–Crippen LogP) is 3.27. The van der Waals surface area contributed by atoms with Gasteiger partial charge in [-0.25, -0.2) is 8.78 Å². The molecule has 0 saturated carbocycles. The van der Waals surface area contributed by atoms with Crippen LogP contribution in [0.3, 0.4) is 0 Å². The second-order valence-corrected chi connectivity index (χ2v) is 4.89. The lowest BCUT2D eigenvalue weighted by molar-refractivity contribution is -0.162. The molecule has 4 heteroatoms. The Balaban J connectivity index is 2.91. The Morgan fingerprint density at radius 2 is 1.80 bits per heavy atom. The van der Waals surface area contributed by atoms with Gasteiger partial charge in [-0.15, -0.1) is 6.58 Å². The van der Waals surface area contributed by atoms with Gasteiger partial charge in [0.15, 0.2) is 0 Å². The van der Waals surface area contributed by atoms with E-state index >= 15 is 0 Å². The van der Waals surface area contributed by atoms with E-state index in [0.717, 1.165) is 11.6 Å². The maximum atomic E-state index is 13.9. The van der Waals surface area contributed by atoms with Crippen molar-refractivity contribution in [2.45, 2.75) is 32.0 Å². The first kappa shape index (κ1) is 16.5. The van der Waals surface area contributed by atoms with Crippen LogP contribution in [-0.2, 0) is 0 Å². The quantitative estimate of drug-likeness (QED) is 0.786. The molecule has 0 aromatic heterocycles. The molecule has 110 valence electrons. The molecule has 2 N–H and O–H groups in total. The third kappa shape index (κ3) is 3.74. The lowest BCUT2D eigenvalue weighted by atomic mass is 9.91. The van der Waals surface area contributed by atoms with Crippen LogP contribution in [-0.4, -0.2) is 28.3 Å². The van der Waals surface area contributed by atoms with Gasteiger partial charge >= 0.3 is 0 Å². The van der Waals surface area contributed by atoms with Crippen LogP contribution in [0, 0.1) is 5.92 Å². The van der Waals surface area contributed by atoms with Crippen molar-refractivity contribution >= 4 is 6.08 Å². The molecule has 1 aromatic rings. The van der Waals surface area contributed by atoms with E-state index in [1.54, 1.807) is 30.3 Å². The largest absolute Gasteiger partial charge is 0.386 e. The number of hydrogen-bond donors (Lipinski definition) is 2. The Hall–Kier alpha value is -1.52. The molecule has 0 saturated heterocycles. The standard InChI is InChI=1S/C16H20F2O2/c1-4-12(3)16(17,18)15(20)14(19)11(2)10-13-8-6-5-7-9-13/h4-10,12,14-15,19-20H,1H2,2-3H3/b11-10+/t12-,14+,15+/m1/s1. The molecule has 0 radical (unpaired) electrons. The molecular weight excluding hydrogens is 262 g/mol. The summed E-state index contributed by atoms with van der Waals surface area (Å²) in [7, 11) is 0. The minimum absolute atomic E-state index is 0.277. The molecule has 0 aliphatic carbocycles. The van der Waals surface area contributed by atoms with Gasteiger partial charge in [-0.05, 0) is 18.1 Å². The highest BCUT2D eigenvalue weighted by Crippen LogP contribution is 2.32. The van der Waals surface area contributed by atoms with Gasteiger partial charge in [-0.3, -0.25) is 0 Å². The molecule has 0 spiro atoms. The molecule has 0 aliphatic heterocycles. The van der Waals surface area contributed by atoms with Crippen molar-refractivity contribution in [2.24, 2.45) is 5.92 Å². The van der Waals surface area contributed by atoms with Gasteiger partial charge in [-0.1, -0.05) is 49.4 Å². The Morgan fingerprint density at radius 3 is 2.30 bits per heavy atom. The average Bonchev–Trinajstić information content (AvgIpc) is 2.45. The van der Waals surface area contributed by atoms with E-state index in [9.17, 15) is 19.0 Å². The molecule has 0 fully saturated rings. The summed E-state index contributed by atoms with van der Waals surface area (Å²) in [6, 6.07) is 9.00. The van der Waals surface area contributed by atoms with E-state index in [2.05, 4.69) is 6.58 Å². The number of alkyl halides is 2. The lowest BCUT2D eigenvalue weighted by Gasteiger charge is -2.30. The molecule has 2 nitrogen and oxygen atoms in total. The predicted molar refractivity (Wildman–Crippen MR) is 76.4 cm³/mol. The molecule has 0 unspecified atom stereocenters. The Kier molecular flexibility index (Phi) is 5.60. The fourth-order valence-electron chi connectivity index (χ4n) is 1.78. The van der Waals surface area contributed by atoms with E-state index in [1.807, 2.05) is 6.07 Å². The zero-order chi connectivity index (χ0) is 15.3. The van der Waals surface area contributed by atoms with Crippen molar-refractivity contribution in [2.75, 3.05) is 0 Å². The molecule has 0 bridgehead atoms. The maximum absolute atomic E-state index is 13.9.